The number of carbonyl (C=O) groups is 3. The van der Waals surface area contributed by atoms with Crippen LogP contribution >= 0.6 is 0 Å². The summed E-state index contributed by atoms with van der Waals surface area (Å²) in [6.07, 6.45) is 0. The van der Waals surface area contributed by atoms with Crippen molar-refractivity contribution in [1.29, 1.82) is 0 Å². The van der Waals surface area contributed by atoms with Crippen LogP contribution in [0.2, 0.25) is 0 Å². The van der Waals surface area contributed by atoms with E-state index in [1.165, 1.54) is 0 Å². The number of rotatable bonds is 6. The number of ketones is 3. The lowest BCUT2D eigenvalue weighted by molar-refractivity contribution is 0.0978. The highest BCUT2D eigenvalue weighted by Crippen LogP contribution is 2.24. The van der Waals surface area contributed by atoms with Gasteiger partial charge in [-0.25, -0.2) is 0 Å². The van der Waals surface area contributed by atoms with E-state index in [2.05, 4.69) is 5.16 Å². The van der Waals surface area contributed by atoms with Crippen molar-refractivity contribution in [2.45, 2.75) is 0 Å². The number of aromatic nitrogens is 1. The molecule has 29 heavy (non-hydrogen) atoms. The standard InChI is InChI=1S/C24H15NO4/c26-21(16-10-4-1-5-11-16)19-20(22(27)17-12-6-2-7-13-17)25-29-24(19)23(28)18-14-8-3-9-15-18/h1-15H. The van der Waals surface area contributed by atoms with Crippen LogP contribution in [0.15, 0.2) is 95.5 Å². The van der Waals surface area contributed by atoms with Crippen molar-refractivity contribution in [2.24, 2.45) is 0 Å². The SMILES string of the molecule is O=C(c1ccccc1)c1noc(C(=O)c2ccccc2)c1C(=O)c1ccccc1. The summed E-state index contributed by atoms with van der Waals surface area (Å²) in [6, 6.07) is 25.3. The molecule has 5 nitrogen and oxygen atoms in total. The Morgan fingerprint density at radius 2 is 0.966 bits per heavy atom. The monoisotopic (exact) mass is 381 g/mol. The molecular formula is C24H15NO4. The molecule has 0 radical (unpaired) electrons. The van der Waals surface area contributed by atoms with Gasteiger partial charge in [0, 0.05) is 16.7 Å². The summed E-state index contributed by atoms with van der Waals surface area (Å²) in [4.78, 5) is 39.2. The molecule has 0 N–H and O–H groups in total. The number of carbonyl (C=O) groups excluding carboxylic acids is 3. The molecule has 3 aromatic carbocycles. The zero-order valence-corrected chi connectivity index (χ0v) is 15.2. The van der Waals surface area contributed by atoms with E-state index in [0.29, 0.717) is 16.7 Å². The molecule has 4 rings (SSSR count). The molecule has 0 aliphatic heterocycles. The first-order valence-corrected chi connectivity index (χ1v) is 8.95. The van der Waals surface area contributed by atoms with E-state index < -0.39 is 17.3 Å². The van der Waals surface area contributed by atoms with Crippen LogP contribution in [0, 0.1) is 0 Å². The lowest BCUT2D eigenvalue weighted by atomic mass is 9.94. The Balaban J connectivity index is 1.86. The summed E-state index contributed by atoms with van der Waals surface area (Å²) < 4.78 is 5.26. The Hall–Kier alpha value is -4.12. The van der Waals surface area contributed by atoms with Crippen molar-refractivity contribution in [1.82, 2.24) is 5.16 Å². The van der Waals surface area contributed by atoms with Gasteiger partial charge in [0.1, 0.15) is 5.56 Å². The third kappa shape index (κ3) is 3.53. The van der Waals surface area contributed by atoms with Gasteiger partial charge in [0.2, 0.25) is 17.3 Å². The van der Waals surface area contributed by atoms with Crippen LogP contribution in [-0.4, -0.2) is 22.5 Å². The van der Waals surface area contributed by atoms with Crippen LogP contribution in [0.25, 0.3) is 0 Å². The highest BCUT2D eigenvalue weighted by molar-refractivity contribution is 6.24. The topological polar surface area (TPSA) is 77.2 Å². The van der Waals surface area contributed by atoms with Crippen molar-refractivity contribution in [3.63, 3.8) is 0 Å². The van der Waals surface area contributed by atoms with Crippen molar-refractivity contribution in [2.75, 3.05) is 0 Å². The summed E-state index contributed by atoms with van der Waals surface area (Å²) in [5.41, 5.74) is 0.717. The third-order valence-electron chi connectivity index (χ3n) is 4.45. The average molecular weight is 381 g/mol. The third-order valence-corrected chi connectivity index (χ3v) is 4.45. The van der Waals surface area contributed by atoms with Gasteiger partial charge < -0.3 is 4.52 Å². The maximum atomic E-state index is 13.2. The molecule has 0 atom stereocenters. The molecule has 1 heterocycles. The van der Waals surface area contributed by atoms with Gasteiger partial charge in [-0.3, -0.25) is 14.4 Å². The summed E-state index contributed by atoms with van der Waals surface area (Å²) >= 11 is 0. The largest absolute Gasteiger partial charge is 0.351 e. The highest BCUT2D eigenvalue weighted by Gasteiger charge is 2.32. The first-order valence-electron chi connectivity index (χ1n) is 8.95. The minimum atomic E-state index is -0.510. The summed E-state index contributed by atoms with van der Waals surface area (Å²) in [5.74, 6) is -1.74. The van der Waals surface area contributed by atoms with Crippen LogP contribution in [0.4, 0.5) is 0 Å². The summed E-state index contributed by atoms with van der Waals surface area (Å²) in [7, 11) is 0. The number of benzene rings is 3. The molecule has 140 valence electrons. The fourth-order valence-electron chi connectivity index (χ4n) is 2.99. The molecule has 0 fully saturated rings. The lowest BCUT2D eigenvalue weighted by Gasteiger charge is -2.04. The normalized spacial score (nSPS) is 10.5. The van der Waals surface area contributed by atoms with Crippen molar-refractivity contribution >= 4 is 17.3 Å². The van der Waals surface area contributed by atoms with E-state index in [1.54, 1.807) is 91.0 Å². The molecule has 5 heteroatoms. The van der Waals surface area contributed by atoms with Gasteiger partial charge in [0.15, 0.2) is 11.5 Å². The molecule has 0 unspecified atom stereocenters. The van der Waals surface area contributed by atoms with Gasteiger partial charge in [-0.15, -0.1) is 0 Å². The molecular weight excluding hydrogens is 366 g/mol. The molecule has 0 spiro atoms. The maximum Gasteiger partial charge on any atom is 0.231 e. The van der Waals surface area contributed by atoms with E-state index in [-0.39, 0.29) is 17.0 Å². The summed E-state index contributed by atoms with van der Waals surface area (Å²) in [6.45, 7) is 0. The fraction of sp³-hybridized carbons (Fsp3) is 0. The molecule has 0 saturated heterocycles. The Morgan fingerprint density at radius 1 is 0.552 bits per heavy atom. The van der Waals surface area contributed by atoms with E-state index >= 15 is 0 Å². The minimum absolute atomic E-state index is 0.126. The van der Waals surface area contributed by atoms with Gasteiger partial charge in [0.05, 0.1) is 0 Å². The van der Waals surface area contributed by atoms with E-state index in [4.69, 9.17) is 4.52 Å². The Labute approximate surface area is 166 Å². The predicted molar refractivity (Wildman–Crippen MR) is 106 cm³/mol. The van der Waals surface area contributed by atoms with Gasteiger partial charge in [0.25, 0.3) is 0 Å². The zero-order chi connectivity index (χ0) is 20.2. The molecule has 4 aromatic rings. The van der Waals surface area contributed by atoms with E-state index in [1.807, 2.05) is 0 Å². The fourth-order valence-corrected chi connectivity index (χ4v) is 2.99. The Kier molecular flexibility index (Phi) is 4.95. The highest BCUT2D eigenvalue weighted by atomic mass is 16.5. The van der Waals surface area contributed by atoms with Crippen LogP contribution in [0.1, 0.15) is 48.1 Å². The molecule has 1 aromatic heterocycles. The average Bonchev–Trinajstić information content (AvgIpc) is 3.24. The van der Waals surface area contributed by atoms with Gasteiger partial charge >= 0.3 is 0 Å². The second kappa shape index (κ2) is 7.86. The van der Waals surface area contributed by atoms with Gasteiger partial charge in [-0.2, -0.15) is 0 Å². The van der Waals surface area contributed by atoms with Crippen molar-refractivity contribution in [3.05, 3.63) is 125 Å². The molecule has 0 aliphatic rings. The Bertz CT molecular complexity index is 1110. The second-order valence-corrected chi connectivity index (χ2v) is 6.32. The number of hydrogen-bond acceptors (Lipinski definition) is 5. The van der Waals surface area contributed by atoms with Crippen molar-refractivity contribution < 1.29 is 18.9 Å². The van der Waals surface area contributed by atoms with E-state index in [0.717, 1.165) is 0 Å². The van der Waals surface area contributed by atoms with Crippen LogP contribution in [0.3, 0.4) is 0 Å². The summed E-state index contributed by atoms with van der Waals surface area (Å²) in [5, 5.41) is 3.82. The van der Waals surface area contributed by atoms with Crippen LogP contribution in [0.5, 0.6) is 0 Å². The Morgan fingerprint density at radius 3 is 1.45 bits per heavy atom. The molecule has 0 bridgehead atoms. The molecule has 0 saturated carbocycles. The first-order chi connectivity index (χ1) is 14.2. The smallest absolute Gasteiger partial charge is 0.231 e. The van der Waals surface area contributed by atoms with Crippen molar-refractivity contribution in [3.8, 4) is 0 Å². The van der Waals surface area contributed by atoms with Crippen LogP contribution in [-0.2, 0) is 0 Å². The first kappa shape index (κ1) is 18.3. The molecule has 0 aliphatic carbocycles. The minimum Gasteiger partial charge on any atom is -0.351 e. The zero-order valence-electron chi connectivity index (χ0n) is 15.2. The molecule has 0 amide bonds. The van der Waals surface area contributed by atoms with Gasteiger partial charge in [-0.1, -0.05) is 96.2 Å². The van der Waals surface area contributed by atoms with Gasteiger partial charge in [-0.05, 0) is 0 Å². The number of hydrogen-bond donors (Lipinski definition) is 0. The van der Waals surface area contributed by atoms with E-state index in [9.17, 15) is 14.4 Å². The quantitative estimate of drug-likeness (QED) is 0.464. The predicted octanol–water partition coefficient (Wildman–Crippen LogP) is 4.37. The lowest BCUT2D eigenvalue weighted by Crippen LogP contribution is -2.14. The maximum absolute atomic E-state index is 13.2. The second-order valence-electron chi connectivity index (χ2n) is 6.32. The van der Waals surface area contributed by atoms with Crippen LogP contribution < -0.4 is 0 Å². The number of nitrogens with zero attached hydrogens (tertiary/aromatic N) is 1.